The van der Waals surface area contributed by atoms with Gasteiger partial charge in [-0.25, -0.2) is 4.79 Å². The second kappa shape index (κ2) is 5.71. The Morgan fingerprint density at radius 3 is 3.05 bits per heavy atom. The lowest BCUT2D eigenvalue weighted by molar-refractivity contribution is 0.149. The fraction of sp³-hybridized carbons (Fsp3) is 0.375. The van der Waals surface area contributed by atoms with Crippen LogP contribution in [0.1, 0.15) is 17.9 Å². The summed E-state index contributed by atoms with van der Waals surface area (Å²) in [5, 5.41) is 13.3. The van der Waals surface area contributed by atoms with Crippen molar-refractivity contribution in [1.82, 2.24) is 14.7 Å². The van der Waals surface area contributed by atoms with Crippen LogP contribution >= 0.6 is 0 Å². The minimum absolute atomic E-state index is 0.154. The molecule has 2 heterocycles. The normalized spacial score (nSPS) is 16.7. The molecule has 1 unspecified atom stereocenters. The van der Waals surface area contributed by atoms with E-state index in [1.54, 1.807) is 11.7 Å². The van der Waals surface area contributed by atoms with E-state index in [0.717, 1.165) is 28.9 Å². The molecule has 0 saturated carbocycles. The monoisotopic (exact) mass is 301 g/mol. The second-order valence-electron chi connectivity index (χ2n) is 5.62. The van der Waals surface area contributed by atoms with Crippen molar-refractivity contribution in [2.24, 2.45) is 7.05 Å². The number of benzene rings is 1. The molecule has 3 rings (SSSR count). The number of rotatable bonds is 3. The average molecular weight is 301 g/mol. The minimum Gasteiger partial charge on any atom is -0.493 e. The number of nitrogens with zero attached hydrogens (tertiary/aromatic N) is 3. The van der Waals surface area contributed by atoms with Crippen LogP contribution in [-0.4, -0.2) is 46.1 Å². The Labute approximate surface area is 128 Å². The quantitative estimate of drug-likeness (QED) is 0.946. The lowest BCUT2D eigenvalue weighted by Crippen LogP contribution is -2.31. The molecule has 116 valence electrons. The zero-order chi connectivity index (χ0) is 15.7. The van der Waals surface area contributed by atoms with E-state index >= 15 is 0 Å². The molecule has 6 heteroatoms. The van der Waals surface area contributed by atoms with Crippen LogP contribution in [0.15, 0.2) is 30.6 Å². The topological polar surface area (TPSA) is 67.6 Å². The van der Waals surface area contributed by atoms with Crippen molar-refractivity contribution in [3.05, 3.63) is 36.2 Å². The Hall–Kier alpha value is -2.50. The van der Waals surface area contributed by atoms with Gasteiger partial charge in [-0.2, -0.15) is 5.10 Å². The van der Waals surface area contributed by atoms with Gasteiger partial charge in [0.25, 0.3) is 0 Å². The summed E-state index contributed by atoms with van der Waals surface area (Å²) in [6, 6.07) is 6.03. The van der Waals surface area contributed by atoms with Gasteiger partial charge in [0, 0.05) is 43.9 Å². The van der Waals surface area contributed by atoms with E-state index in [1.165, 1.54) is 4.90 Å². The van der Waals surface area contributed by atoms with Gasteiger partial charge in [0.1, 0.15) is 5.75 Å². The van der Waals surface area contributed by atoms with Crippen molar-refractivity contribution in [2.75, 3.05) is 20.2 Å². The molecule has 1 atom stereocenters. The molecule has 6 nitrogen and oxygen atoms in total. The molecule has 22 heavy (non-hydrogen) atoms. The van der Waals surface area contributed by atoms with Crippen LogP contribution in [0.5, 0.6) is 5.75 Å². The van der Waals surface area contributed by atoms with E-state index < -0.39 is 6.09 Å². The largest absolute Gasteiger partial charge is 0.493 e. The first-order valence-corrected chi connectivity index (χ1v) is 7.25. The molecule has 1 aromatic carbocycles. The van der Waals surface area contributed by atoms with Gasteiger partial charge in [-0.1, -0.05) is 18.2 Å². The van der Waals surface area contributed by atoms with Gasteiger partial charge >= 0.3 is 6.09 Å². The predicted octanol–water partition coefficient (Wildman–Crippen LogP) is 2.56. The Kier molecular flexibility index (Phi) is 3.75. The van der Waals surface area contributed by atoms with Crippen LogP contribution in [0.25, 0.3) is 11.1 Å². The maximum absolute atomic E-state index is 11.1. The maximum atomic E-state index is 11.1. The van der Waals surface area contributed by atoms with Crippen LogP contribution in [0.3, 0.4) is 0 Å². The number of ether oxygens (including phenoxy) is 1. The van der Waals surface area contributed by atoms with Crippen LogP contribution in [0.4, 0.5) is 4.79 Å². The summed E-state index contributed by atoms with van der Waals surface area (Å²) in [5.41, 5.74) is 3.08. The van der Waals surface area contributed by atoms with Crippen LogP contribution < -0.4 is 4.74 Å². The summed E-state index contributed by atoms with van der Waals surface area (Å²) < 4.78 is 7.64. The average Bonchev–Trinajstić information content (AvgIpc) is 2.93. The fourth-order valence-electron chi connectivity index (χ4n) is 2.88. The van der Waals surface area contributed by atoms with Gasteiger partial charge < -0.3 is 14.7 Å². The van der Waals surface area contributed by atoms with E-state index in [-0.39, 0.29) is 5.92 Å². The fourth-order valence-corrected chi connectivity index (χ4v) is 2.88. The van der Waals surface area contributed by atoms with Gasteiger partial charge in [-0.3, -0.25) is 4.68 Å². The number of hydrogen-bond donors (Lipinski definition) is 1. The summed E-state index contributed by atoms with van der Waals surface area (Å²) in [7, 11) is 3.48. The maximum Gasteiger partial charge on any atom is 0.407 e. The van der Waals surface area contributed by atoms with Crippen LogP contribution in [0, 0.1) is 0 Å². The van der Waals surface area contributed by atoms with Crippen molar-refractivity contribution in [3.8, 4) is 16.9 Å². The first kappa shape index (κ1) is 14.4. The van der Waals surface area contributed by atoms with Gasteiger partial charge in [0.05, 0.1) is 12.8 Å². The molecule has 0 spiro atoms. The van der Waals surface area contributed by atoms with Gasteiger partial charge in [-0.05, 0) is 12.0 Å². The lowest BCUT2D eigenvalue weighted by atomic mass is 9.90. The van der Waals surface area contributed by atoms with Crippen molar-refractivity contribution in [3.63, 3.8) is 0 Å². The highest BCUT2D eigenvalue weighted by Gasteiger charge is 2.26. The van der Waals surface area contributed by atoms with E-state index in [4.69, 9.17) is 9.84 Å². The number of carbonyl (C=O) groups is 1. The number of aryl methyl sites for hydroxylation is 1. The molecule has 0 fully saturated rings. The Morgan fingerprint density at radius 2 is 2.36 bits per heavy atom. The first-order chi connectivity index (χ1) is 10.6. The van der Waals surface area contributed by atoms with Crippen molar-refractivity contribution < 1.29 is 14.6 Å². The number of carboxylic acid groups (broad SMARTS) is 1. The van der Waals surface area contributed by atoms with Crippen LogP contribution in [0.2, 0.25) is 0 Å². The molecule has 0 saturated heterocycles. The van der Waals surface area contributed by atoms with Gasteiger partial charge in [-0.15, -0.1) is 0 Å². The second-order valence-corrected chi connectivity index (χ2v) is 5.62. The molecule has 1 aromatic heterocycles. The molecule has 1 amide bonds. The molecule has 1 N–H and O–H groups in total. The predicted molar refractivity (Wildman–Crippen MR) is 82.2 cm³/mol. The van der Waals surface area contributed by atoms with Crippen molar-refractivity contribution in [1.29, 1.82) is 0 Å². The van der Waals surface area contributed by atoms with E-state index in [0.29, 0.717) is 13.2 Å². The summed E-state index contributed by atoms with van der Waals surface area (Å²) in [6.07, 6.45) is 3.68. The van der Waals surface area contributed by atoms with Crippen LogP contribution in [-0.2, 0) is 7.05 Å². The summed E-state index contributed by atoms with van der Waals surface area (Å²) in [6.45, 7) is 1.07. The third kappa shape index (κ3) is 2.64. The molecular weight excluding hydrogens is 282 g/mol. The zero-order valence-corrected chi connectivity index (χ0v) is 12.7. The molecule has 2 aromatic rings. The Bertz CT molecular complexity index is 696. The number of amides is 1. The van der Waals surface area contributed by atoms with Gasteiger partial charge in [0.2, 0.25) is 0 Å². The molecule has 0 aliphatic carbocycles. The Balaban J connectivity index is 1.96. The summed E-state index contributed by atoms with van der Waals surface area (Å²) >= 11 is 0. The Morgan fingerprint density at radius 1 is 1.55 bits per heavy atom. The summed E-state index contributed by atoms with van der Waals surface area (Å²) in [4.78, 5) is 12.4. The number of para-hydroxylation sites is 1. The molecule has 1 aliphatic rings. The number of fused-ring (bicyclic) bond motifs is 1. The van der Waals surface area contributed by atoms with E-state index in [9.17, 15) is 4.79 Å². The molecular formula is C16H19N3O3. The van der Waals surface area contributed by atoms with Gasteiger partial charge in [0.15, 0.2) is 0 Å². The third-order valence-electron chi connectivity index (χ3n) is 4.03. The third-order valence-corrected chi connectivity index (χ3v) is 4.03. The highest BCUT2D eigenvalue weighted by Crippen LogP contribution is 2.41. The molecule has 0 radical (unpaired) electrons. The SMILES string of the molecule is CN(CC1CCOc2c(-c3cnn(C)c3)cccc21)C(=O)O. The minimum atomic E-state index is -0.906. The first-order valence-electron chi connectivity index (χ1n) is 7.25. The van der Waals surface area contributed by atoms with Crippen molar-refractivity contribution >= 4 is 6.09 Å². The number of hydrogen-bond acceptors (Lipinski definition) is 3. The molecule has 1 aliphatic heterocycles. The lowest BCUT2D eigenvalue weighted by Gasteiger charge is -2.29. The number of aromatic nitrogens is 2. The van der Waals surface area contributed by atoms with E-state index in [1.807, 2.05) is 37.6 Å². The zero-order valence-electron chi connectivity index (χ0n) is 12.7. The highest BCUT2D eigenvalue weighted by molar-refractivity contribution is 5.72. The highest BCUT2D eigenvalue weighted by atomic mass is 16.5. The standard InChI is InChI=1S/C16H19N3O3/c1-18(16(20)21)9-11-6-7-22-15-13(11)4-3-5-14(15)12-8-17-19(2)10-12/h3-5,8,10-11H,6-7,9H2,1-2H3,(H,20,21). The van der Waals surface area contributed by atoms with Crippen molar-refractivity contribution in [2.45, 2.75) is 12.3 Å². The molecule has 0 bridgehead atoms. The smallest absolute Gasteiger partial charge is 0.407 e. The number of likely N-dealkylation sites (N-methyl/N-ethyl adjacent to an activating group) is 1. The van der Waals surface area contributed by atoms with E-state index in [2.05, 4.69) is 5.10 Å². The summed E-state index contributed by atoms with van der Waals surface area (Å²) in [5.74, 6) is 1.01.